The molecule has 0 aliphatic carbocycles. The van der Waals surface area contributed by atoms with Crippen molar-refractivity contribution in [3.63, 3.8) is 0 Å². The molecule has 1 aromatic heterocycles. The van der Waals surface area contributed by atoms with Gasteiger partial charge in [-0.15, -0.1) is 0 Å². The smallest absolute Gasteiger partial charge is 0.310 e. The van der Waals surface area contributed by atoms with E-state index in [4.69, 9.17) is 4.42 Å². The predicted molar refractivity (Wildman–Crippen MR) is 93.3 cm³/mol. The number of hydrogen-bond acceptors (Lipinski definition) is 4. The van der Waals surface area contributed by atoms with E-state index >= 15 is 0 Å². The highest BCUT2D eigenvalue weighted by Crippen LogP contribution is 2.34. The number of rotatable bonds is 3. The van der Waals surface area contributed by atoms with Crippen LogP contribution in [0.4, 0.5) is 0 Å². The van der Waals surface area contributed by atoms with Crippen molar-refractivity contribution in [2.24, 2.45) is 5.10 Å². The number of phenolic OH excluding ortho intramolecular Hbond substituents is 1. The Balaban J connectivity index is 1.72. The van der Waals surface area contributed by atoms with E-state index in [-0.39, 0.29) is 23.5 Å². The molecule has 124 valence electrons. The lowest BCUT2D eigenvalue weighted by Crippen LogP contribution is -2.26. The van der Waals surface area contributed by atoms with Gasteiger partial charge in [0.25, 0.3) is 0 Å². The molecule has 3 aromatic rings. The summed E-state index contributed by atoms with van der Waals surface area (Å²) in [5, 5.41) is 15.6. The van der Waals surface area contributed by atoms with Crippen molar-refractivity contribution in [3.8, 4) is 5.75 Å². The maximum Gasteiger partial charge on any atom is 0.310 e. The summed E-state index contributed by atoms with van der Waals surface area (Å²) in [6.07, 6.45) is 2.07. The number of aromatic hydroxyl groups is 1. The second-order valence-corrected chi connectivity index (χ2v) is 5.85. The summed E-state index contributed by atoms with van der Waals surface area (Å²) in [4.78, 5) is 12.8. The molecule has 0 spiro atoms. The van der Waals surface area contributed by atoms with Crippen LogP contribution in [0.5, 0.6) is 5.75 Å². The molecule has 1 aliphatic rings. The van der Waals surface area contributed by atoms with Crippen LogP contribution < -0.4 is 0 Å². The van der Waals surface area contributed by atoms with Crippen molar-refractivity contribution in [1.82, 2.24) is 5.01 Å². The first-order valence-corrected chi connectivity index (χ1v) is 8.01. The number of nitrogens with zero attached hydrogens (tertiary/aromatic N) is 2. The Morgan fingerprint density at radius 2 is 1.80 bits per heavy atom. The third kappa shape index (κ3) is 2.92. The second-order valence-electron chi connectivity index (χ2n) is 5.85. The summed E-state index contributed by atoms with van der Waals surface area (Å²) in [6.45, 7) is 0. The Morgan fingerprint density at radius 3 is 2.48 bits per heavy atom. The van der Waals surface area contributed by atoms with E-state index in [2.05, 4.69) is 5.10 Å². The first kappa shape index (κ1) is 15.2. The third-order valence-electron chi connectivity index (χ3n) is 4.24. The molecule has 0 radical (unpaired) electrons. The van der Waals surface area contributed by atoms with Crippen LogP contribution in [0.25, 0.3) is 0 Å². The number of furan rings is 1. The topological polar surface area (TPSA) is 66.0 Å². The monoisotopic (exact) mass is 332 g/mol. The minimum atomic E-state index is -0.283. The van der Waals surface area contributed by atoms with Gasteiger partial charge in [0.1, 0.15) is 5.75 Å². The maximum atomic E-state index is 12.8. The van der Waals surface area contributed by atoms with Gasteiger partial charge in [-0.2, -0.15) is 5.10 Å². The molecule has 0 bridgehead atoms. The molecule has 1 atom stereocenters. The fourth-order valence-electron chi connectivity index (χ4n) is 2.97. The summed E-state index contributed by atoms with van der Waals surface area (Å²) >= 11 is 0. The molecule has 25 heavy (non-hydrogen) atoms. The van der Waals surface area contributed by atoms with Crippen molar-refractivity contribution in [3.05, 3.63) is 89.9 Å². The molecule has 0 fully saturated rings. The number of carbonyl (C=O) groups is 1. The normalized spacial score (nSPS) is 16.7. The van der Waals surface area contributed by atoms with Crippen molar-refractivity contribution in [2.75, 3.05) is 0 Å². The van der Waals surface area contributed by atoms with E-state index in [0.717, 1.165) is 16.8 Å². The van der Waals surface area contributed by atoms with Gasteiger partial charge in [0.05, 0.1) is 18.0 Å². The molecular weight excluding hydrogens is 316 g/mol. The van der Waals surface area contributed by atoms with E-state index in [0.29, 0.717) is 6.42 Å². The standard InChI is InChI=1S/C20H16N2O3/c23-16-10-8-15(9-11-16)18-13-17(14-5-2-1-3-6-14)21-22(18)20(24)19-7-4-12-25-19/h1-12,18,23H,13H2/t18-/m1/s1. The van der Waals surface area contributed by atoms with E-state index < -0.39 is 0 Å². The number of hydrazone groups is 1. The van der Waals surface area contributed by atoms with Crippen LogP contribution in [0.2, 0.25) is 0 Å². The van der Waals surface area contributed by atoms with Gasteiger partial charge in [0.15, 0.2) is 5.76 Å². The number of benzene rings is 2. The molecule has 5 nitrogen and oxygen atoms in total. The highest BCUT2D eigenvalue weighted by molar-refractivity contribution is 6.04. The van der Waals surface area contributed by atoms with Crippen LogP contribution in [-0.4, -0.2) is 21.7 Å². The molecule has 2 aromatic carbocycles. The Hall–Kier alpha value is -3.34. The zero-order valence-electron chi connectivity index (χ0n) is 13.4. The van der Waals surface area contributed by atoms with E-state index in [9.17, 15) is 9.90 Å². The molecule has 1 amide bonds. The fraction of sp³-hybridized carbons (Fsp3) is 0.100. The quantitative estimate of drug-likeness (QED) is 0.789. The number of phenols is 1. The van der Waals surface area contributed by atoms with Gasteiger partial charge in [-0.25, -0.2) is 5.01 Å². The van der Waals surface area contributed by atoms with Crippen LogP contribution >= 0.6 is 0 Å². The minimum Gasteiger partial charge on any atom is -0.508 e. The van der Waals surface area contributed by atoms with Crippen LogP contribution in [0.15, 0.2) is 82.5 Å². The van der Waals surface area contributed by atoms with Gasteiger partial charge >= 0.3 is 5.91 Å². The summed E-state index contributed by atoms with van der Waals surface area (Å²) in [6, 6.07) is 19.7. The molecule has 1 N–H and O–H groups in total. The van der Waals surface area contributed by atoms with Crippen molar-refractivity contribution in [1.29, 1.82) is 0 Å². The van der Waals surface area contributed by atoms with E-state index in [1.54, 1.807) is 24.3 Å². The van der Waals surface area contributed by atoms with Crippen LogP contribution in [0.1, 0.15) is 34.1 Å². The van der Waals surface area contributed by atoms with Crippen molar-refractivity contribution < 1.29 is 14.3 Å². The number of hydrogen-bond donors (Lipinski definition) is 1. The molecule has 1 aliphatic heterocycles. The van der Waals surface area contributed by atoms with Gasteiger partial charge in [-0.1, -0.05) is 42.5 Å². The highest BCUT2D eigenvalue weighted by atomic mass is 16.3. The Morgan fingerprint density at radius 1 is 1.04 bits per heavy atom. The average molecular weight is 332 g/mol. The van der Waals surface area contributed by atoms with E-state index in [1.165, 1.54) is 11.3 Å². The molecular formula is C20H16N2O3. The zero-order chi connectivity index (χ0) is 17.2. The first-order valence-electron chi connectivity index (χ1n) is 8.01. The third-order valence-corrected chi connectivity index (χ3v) is 4.24. The second kappa shape index (κ2) is 6.28. The Labute approximate surface area is 144 Å². The summed E-state index contributed by atoms with van der Waals surface area (Å²) < 4.78 is 5.25. The van der Waals surface area contributed by atoms with Gasteiger partial charge in [0, 0.05) is 6.42 Å². The fourth-order valence-corrected chi connectivity index (χ4v) is 2.97. The van der Waals surface area contributed by atoms with Gasteiger partial charge in [0.2, 0.25) is 0 Å². The van der Waals surface area contributed by atoms with Gasteiger partial charge < -0.3 is 9.52 Å². The highest BCUT2D eigenvalue weighted by Gasteiger charge is 2.34. The molecule has 0 saturated carbocycles. The lowest BCUT2D eigenvalue weighted by molar-refractivity contribution is 0.0678. The molecule has 0 saturated heterocycles. The van der Waals surface area contributed by atoms with Crippen LogP contribution in [0, 0.1) is 0 Å². The maximum absolute atomic E-state index is 12.8. The average Bonchev–Trinajstić information content (AvgIpc) is 3.33. The number of carbonyl (C=O) groups excluding carboxylic acids is 1. The largest absolute Gasteiger partial charge is 0.508 e. The Bertz CT molecular complexity index is 900. The van der Waals surface area contributed by atoms with Crippen LogP contribution in [0.3, 0.4) is 0 Å². The first-order chi connectivity index (χ1) is 12.2. The Kier molecular flexibility index (Phi) is 3.82. The zero-order valence-corrected chi connectivity index (χ0v) is 13.4. The van der Waals surface area contributed by atoms with E-state index in [1.807, 2.05) is 42.5 Å². The molecule has 0 unspecified atom stereocenters. The van der Waals surface area contributed by atoms with Crippen molar-refractivity contribution >= 4 is 11.6 Å². The lowest BCUT2D eigenvalue weighted by Gasteiger charge is -2.21. The van der Waals surface area contributed by atoms with Crippen LogP contribution in [-0.2, 0) is 0 Å². The summed E-state index contributed by atoms with van der Waals surface area (Å²) in [7, 11) is 0. The molecule has 4 rings (SSSR count). The molecule has 5 heteroatoms. The summed E-state index contributed by atoms with van der Waals surface area (Å²) in [5.74, 6) is 0.158. The molecule has 2 heterocycles. The predicted octanol–water partition coefficient (Wildman–Crippen LogP) is 3.98. The SMILES string of the molecule is O=C(c1ccco1)N1N=C(c2ccccc2)C[C@@H]1c1ccc(O)cc1. The minimum absolute atomic E-state index is 0.190. The van der Waals surface area contributed by atoms with Gasteiger partial charge in [-0.05, 0) is 35.4 Å². The van der Waals surface area contributed by atoms with Crippen molar-refractivity contribution in [2.45, 2.75) is 12.5 Å². The summed E-state index contributed by atoms with van der Waals surface area (Å²) in [5.41, 5.74) is 2.74. The number of amides is 1. The van der Waals surface area contributed by atoms with Gasteiger partial charge in [-0.3, -0.25) is 4.79 Å². The lowest BCUT2D eigenvalue weighted by atomic mass is 9.98.